The first-order valence-corrected chi connectivity index (χ1v) is 8.18. The number of rotatable bonds is 6. The number of nitrogens with one attached hydrogen (secondary N) is 2. The molecule has 144 valence electrons. The fourth-order valence-electron chi connectivity index (χ4n) is 2.31. The molecule has 0 aliphatic heterocycles. The summed E-state index contributed by atoms with van der Waals surface area (Å²) in [6.45, 7) is 3.55. The number of halogens is 3. The van der Waals surface area contributed by atoms with Gasteiger partial charge in [0.25, 0.3) is 5.91 Å². The minimum atomic E-state index is -4.78. The third-order valence-corrected chi connectivity index (χ3v) is 3.63. The average molecular weight is 380 g/mol. The first-order chi connectivity index (χ1) is 12.7. The van der Waals surface area contributed by atoms with Crippen LogP contribution in [-0.4, -0.2) is 24.2 Å². The number of carbonyl (C=O) groups is 2. The van der Waals surface area contributed by atoms with Crippen LogP contribution in [0.15, 0.2) is 54.6 Å². The van der Waals surface area contributed by atoms with Gasteiger partial charge in [0.2, 0.25) is 5.91 Å². The van der Waals surface area contributed by atoms with Crippen molar-refractivity contribution in [3.05, 3.63) is 60.2 Å². The molecule has 2 N–H and O–H groups in total. The second-order valence-electron chi connectivity index (χ2n) is 6.12. The minimum Gasteiger partial charge on any atom is -0.406 e. The second kappa shape index (κ2) is 8.57. The van der Waals surface area contributed by atoms with Gasteiger partial charge in [0.1, 0.15) is 11.8 Å². The molecule has 0 fully saturated rings. The van der Waals surface area contributed by atoms with E-state index in [0.717, 1.165) is 12.1 Å². The Hall–Kier alpha value is -3.03. The van der Waals surface area contributed by atoms with Crippen molar-refractivity contribution in [2.24, 2.45) is 5.92 Å². The molecule has 0 spiro atoms. The van der Waals surface area contributed by atoms with E-state index >= 15 is 0 Å². The van der Waals surface area contributed by atoms with Gasteiger partial charge in [-0.25, -0.2) is 0 Å². The van der Waals surface area contributed by atoms with E-state index in [1.54, 1.807) is 44.2 Å². The van der Waals surface area contributed by atoms with Crippen LogP contribution in [0.5, 0.6) is 5.75 Å². The summed E-state index contributed by atoms with van der Waals surface area (Å²) in [5, 5.41) is 5.25. The van der Waals surface area contributed by atoms with Crippen molar-refractivity contribution in [1.29, 1.82) is 0 Å². The summed E-state index contributed by atoms with van der Waals surface area (Å²) in [4.78, 5) is 24.8. The Labute approximate surface area is 154 Å². The maximum atomic E-state index is 12.5. The van der Waals surface area contributed by atoms with Gasteiger partial charge in [-0.05, 0) is 42.3 Å². The van der Waals surface area contributed by atoms with Crippen LogP contribution in [-0.2, 0) is 4.79 Å². The quantitative estimate of drug-likeness (QED) is 0.797. The van der Waals surface area contributed by atoms with Gasteiger partial charge < -0.3 is 15.4 Å². The van der Waals surface area contributed by atoms with Gasteiger partial charge in [-0.2, -0.15) is 0 Å². The zero-order valence-electron chi connectivity index (χ0n) is 14.7. The molecule has 0 saturated heterocycles. The molecule has 2 aromatic rings. The van der Waals surface area contributed by atoms with E-state index in [4.69, 9.17) is 0 Å². The summed E-state index contributed by atoms with van der Waals surface area (Å²) in [6, 6.07) is 12.4. The van der Waals surface area contributed by atoms with Gasteiger partial charge in [-0.15, -0.1) is 13.2 Å². The zero-order chi connectivity index (χ0) is 20.0. The SMILES string of the molecule is CC(C)[C@H](NC(=O)c1ccccc1)C(=O)Nc1ccc(OC(F)(F)F)cc1. The number of hydrogen-bond donors (Lipinski definition) is 2. The Bertz CT molecular complexity index is 775. The molecule has 2 aromatic carbocycles. The van der Waals surface area contributed by atoms with Gasteiger partial charge in [0.15, 0.2) is 0 Å². The van der Waals surface area contributed by atoms with Gasteiger partial charge >= 0.3 is 6.36 Å². The average Bonchev–Trinajstić information content (AvgIpc) is 2.60. The number of alkyl halides is 3. The lowest BCUT2D eigenvalue weighted by Gasteiger charge is -2.22. The molecule has 0 saturated carbocycles. The molecule has 0 unspecified atom stereocenters. The monoisotopic (exact) mass is 380 g/mol. The van der Waals surface area contributed by atoms with Crippen LogP contribution in [0.1, 0.15) is 24.2 Å². The molecule has 0 aromatic heterocycles. The first kappa shape index (κ1) is 20.3. The molecule has 0 heterocycles. The Balaban J connectivity index is 2.03. The van der Waals surface area contributed by atoms with Gasteiger partial charge in [-0.3, -0.25) is 9.59 Å². The lowest BCUT2D eigenvalue weighted by molar-refractivity contribution is -0.274. The molecule has 27 heavy (non-hydrogen) atoms. The van der Waals surface area contributed by atoms with Crippen molar-refractivity contribution in [2.75, 3.05) is 5.32 Å². The molecule has 0 aliphatic rings. The molecular formula is C19H19F3N2O3. The van der Waals surface area contributed by atoms with E-state index in [1.807, 2.05) is 0 Å². The van der Waals surface area contributed by atoms with Gasteiger partial charge in [0.05, 0.1) is 0 Å². The lowest BCUT2D eigenvalue weighted by Crippen LogP contribution is -2.47. The topological polar surface area (TPSA) is 67.4 Å². The highest BCUT2D eigenvalue weighted by molar-refractivity contribution is 6.01. The Kier molecular flexibility index (Phi) is 6.44. The van der Waals surface area contributed by atoms with Crippen LogP contribution in [0.25, 0.3) is 0 Å². The van der Waals surface area contributed by atoms with E-state index < -0.39 is 30.0 Å². The first-order valence-electron chi connectivity index (χ1n) is 8.18. The van der Waals surface area contributed by atoms with Crippen molar-refractivity contribution in [3.63, 3.8) is 0 Å². The maximum absolute atomic E-state index is 12.5. The molecule has 1 atom stereocenters. The van der Waals surface area contributed by atoms with Crippen LogP contribution in [0.2, 0.25) is 0 Å². The van der Waals surface area contributed by atoms with E-state index in [-0.39, 0.29) is 11.6 Å². The standard InChI is InChI=1S/C19H19F3N2O3/c1-12(2)16(24-17(25)13-6-4-3-5-7-13)18(26)23-14-8-10-15(11-9-14)27-19(20,21)22/h3-12,16H,1-2H3,(H,23,26)(H,24,25)/t16-/m0/s1. The number of hydrogen-bond acceptors (Lipinski definition) is 3. The molecule has 0 aliphatic carbocycles. The van der Waals surface area contributed by atoms with E-state index in [2.05, 4.69) is 15.4 Å². The van der Waals surface area contributed by atoms with Crippen molar-refractivity contribution in [3.8, 4) is 5.75 Å². The normalized spacial score (nSPS) is 12.4. The molecule has 8 heteroatoms. The third kappa shape index (κ3) is 6.32. The number of ether oxygens (including phenoxy) is 1. The highest BCUT2D eigenvalue weighted by Gasteiger charge is 2.31. The zero-order valence-corrected chi connectivity index (χ0v) is 14.7. The highest BCUT2D eigenvalue weighted by Crippen LogP contribution is 2.24. The minimum absolute atomic E-state index is 0.203. The van der Waals surface area contributed by atoms with Crippen LogP contribution in [0, 0.1) is 5.92 Å². The number of amides is 2. The summed E-state index contributed by atoms with van der Waals surface area (Å²) in [5.41, 5.74) is 0.707. The molecule has 2 amide bonds. The summed E-state index contributed by atoms with van der Waals surface area (Å²) in [6.07, 6.45) is -4.78. The van der Waals surface area contributed by atoms with Crippen molar-refractivity contribution in [2.45, 2.75) is 26.3 Å². The molecule has 5 nitrogen and oxygen atoms in total. The molecule has 2 rings (SSSR count). The van der Waals surface area contributed by atoms with Crippen LogP contribution < -0.4 is 15.4 Å². The van der Waals surface area contributed by atoms with Crippen molar-refractivity contribution < 1.29 is 27.5 Å². The smallest absolute Gasteiger partial charge is 0.406 e. The number of carbonyl (C=O) groups excluding carboxylic acids is 2. The maximum Gasteiger partial charge on any atom is 0.573 e. The summed E-state index contributed by atoms with van der Waals surface area (Å²) in [5.74, 6) is -1.46. The van der Waals surface area contributed by atoms with Crippen LogP contribution in [0.4, 0.5) is 18.9 Å². The molecule has 0 radical (unpaired) electrons. The van der Waals surface area contributed by atoms with Gasteiger partial charge in [-0.1, -0.05) is 32.0 Å². The third-order valence-electron chi connectivity index (χ3n) is 3.63. The summed E-state index contributed by atoms with van der Waals surface area (Å²) in [7, 11) is 0. The van der Waals surface area contributed by atoms with Crippen LogP contribution in [0.3, 0.4) is 0 Å². The molecular weight excluding hydrogens is 361 g/mol. The lowest BCUT2D eigenvalue weighted by atomic mass is 10.0. The second-order valence-corrected chi connectivity index (χ2v) is 6.12. The van der Waals surface area contributed by atoms with E-state index in [1.165, 1.54) is 12.1 Å². The summed E-state index contributed by atoms with van der Waals surface area (Å²) >= 11 is 0. The van der Waals surface area contributed by atoms with Crippen molar-refractivity contribution >= 4 is 17.5 Å². The highest BCUT2D eigenvalue weighted by atomic mass is 19.4. The largest absolute Gasteiger partial charge is 0.573 e. The predicted molar refractivity (Wildman–Crippen MR) is 94.3 cm³/mol. The van der Waals surface area contributed by atoms with E-state index in [0.29, 0.717) is 5.56 Å². The van der Waals surface area contributed by atoms with E-state index in [9.17, 15) is 22.8 Å². The predicted octanol–water partition coefficient (Wildman–Crippen LogP) is 3.98. The molecule has 0 bridgehead atoms. The fraction of sp³-hybridized carbons (Fsp3) is 0.263. The fourth-order valence-corrected chi connectivity index (χ4v) is 2.31. The number of anilines is 1. The van der Waals surface area contributed by atoms with Crippen LogP contribution >= 0.6 is 0 Å². The summed E-state index contributed by atoms with van der Waals surface area (Å²) < 4.78 is 40.3. The van der Waals surface area contributed by atoms with Gasteiger partial charge in [0, 0.05) is 11.3 Å². The number of benzene rings is 2. The Morgan fingerprint density at radius 1 is 0.963 bits per heavy atom. The van der Waals surface area contributed by atoms with Crippen molar-refractivity contribution in [1.82, 2.24) is 5.32 Å². The Morgan fingerprint density at radius 2 is 1.56 bits per heavy atom. The Morgan fingerprint density at radius 3 is 2.07 bits per heavy atom.